The predicted octanol–water partition coefficient (Wildman–Crippen LogP) is 2.49. The summed E-state index contributed by atoms with van der Waals surface area (Å²) in [5, 5.41) is 8.57. The van der Waals surface area contributed by atoms with Crippen LogP contribution < -0.4 is 10.3 Å². The van der Waals surface area contributed by atoms with E-state index in [1.54, 1.807) is 0 Å². The molecule has 2 aromatic heterocycles. The summed E-state index contributed by atoms with van der Waals surface area (Å²) in [6.07, 6.45) is 2.73. The molecule has 0 fully saturated rings. The van der Waals surface area contributed by atoms with Crippen molar-refractivity contribution in [2.45, 2.75) is 13.5 Å². The van der Waals surface area contributed by atoms with Crippen molar-refractivity contribution in [1.29, 1.82) is 0 Å². The fourth-order valence-electron chi connectivity index (χ4n) is 2.52. The molecule has 0 spiro atoms. The Balaban J connectivity index is 1.91. The van der Waals surface area contributed by atoms with Gasteiger partial charge in [0.15, 0.2) is 5.02 Å². The van der Waals surface area contributed by atoms with Crippen molar-refractivity contribution in [2.24, 2.45) is 0 Å². The van der Waals surface area contributed by atoms with E-state index in [-0.39, 0.29) is 28.9 Å². The largest absolute Gasteiger partial charge is 0.471 e. The number of hydrogen-bond donors (Lipinski definition) is 1. The topological polar surface area (TPSA) is 86.4 Å². The van der Waals surface area contributed by atoms with Gasteiger partial charge < -0.3 is 9.84 Å². The van der Waals surface area contributed by atoms with Gasteiger partial charge in [-0.15, -0.1) is 0 Å². The van der Waals surface area contributed by atoms with E-state index in [2.05, 4.69) is 4.98 Å². The summed E-state index contributed by atoms with van der Waals surface area (Å²) in [7, 11) is 0. The zero-order valence-electron chi connectivity index (χ0n) is 14.5. The van der Waals surface area contributed by atoms with Gasteiger partial charge in [-0.2, -0.15) is 4.98 Å². The van der Waals surface area contributed by atoms with Crippen LogP contribution in [0.1, 0.15) is 16.2 Å². The second kappa shape index (κ2) is 7.91. The molecule has 0 aliphatic rings. The number of ether oxygens (including phenoxy) is 1. The Kier molecular flexibility index (Phi) is 5.57. The predicted molar refractivity (Wildman–Crippen MR) is 96.0 cm³/mol. The van der Waals surface area contributed by atoms with Crippen molar-refractivity contribution < 1.29 is 23.4 Å². The number of halogens is 3. The van der Waals surface area contributed by atoms with E-state index in [4.69, 9.17) is 21.4 Å². The number of carbonyl (C=O) groups excluding carboxylic acids is 1. The van der Waals surface area contributed by atoms with Crippen LogP contribution >= 0.6 is 11.6 Å². The summed E-state index contributed by atoms with van der Waals surface area (Å²) in [5.74, 6) is -2.08. The number of aryl methyl sites for hydroxylation is 1. The van der Waals surface area contributed by atoms with Gasteiger partial charge in [0.25, 0.3) is 11.5 Å². The molecule has 3 rings (SSSR count). The molecule has 0 saturated heterocycles. The summed E-state index contributed by atoms with van der Waals surface area (Å²) >= 11 is 6.06. The minimum absolute atomic E-state index is 0.0701. The summed E-state index contributed by atoms with van der Waals surface area (Å²) in [4.78, 5) is 28.3. The van der Waals surface area contributed by atoms with Crippen molar-refractivity contribution in [2.75, 3.05) is 6.61 Å². The van der Waals surface area contributed by atoms with Crippen LogP contribution in [0.4, 0.5) is 8.78 Å². The highest BCUT2D eigenvalue weighted by atomic mass is 35.5. The number of benzene rings is 1. The molecular formula is C18H14ClF2N3O4. The van der Waals surface area contributed by atoms with E-state index in [9.17, 15) is 18.4 Å². The monoisotopic (exact) mass is 409 g/mol. The van der Waals surface area contributed by atoms with Gasteiger partial charge in [0.2, 0.25) is 5.88 Å². The lowest BCUT2D eigenvalue weighted by atomic mass is 10.2. The highest BCUT2D eigenvalue weighted by molar-refractivity contribution is 6.31. The standard InChI is InChI=1S/C18H14ClF2N3O4/c1-10-22-17(28-9-11-2-3-12(20)6-14(11)21)16(19)18(27)24(10)13-4-5-23(7-13)15(26)8-25/h2-7,25H,8-9H2,1H3. The van der Waals surface area contributed by atoms with E-state index in [0.717, 1.165) is 21.3 Å². The number of carbonyl (C=O) groups is 1. The molecule has 28 heavy (non-hydrogen) atoms. The van der Waals surface area contributed by atoms with E-state index < -0.39 is 29.7 Å². The third kappa shape index (κ3) is 3.80. The van der Waals surface area contributed by atoms with Crippen LogP contribution in [0.5, 0.6) is 5.88 Å². The molecule has 7 nitrogen and oxygen atoms in total. The molecule has 0 unspecified atom stereocenters. The van der Waals surface area contributed by atoms with Crippen LogP contribution in [0, 0.1) is 18.6 Å². The number of nitrogens with zero attached hydrogens (tertiary/aromatic N) is 3. The SMILES string of the molecule is Cc1nc(OCc2ccc(F)cc2F)c(Cl)c(=O)n1-c1ccn(C(=O)CO)c1. The minimum Gasteiger partial charge on any atom is -0.471 e. The van der Waals surface area contributed by atoms with E-state index in [0.29, 0.717) is 5.69 Å². The molecule has 0 bridgehead atoms. The average molecular weight is 410 g/mol. The first kappa shape index (κ1) is 19.7. The zero-order chi connectivity index (χ0) is 20.4. The molecule has 0 aliphatic carbocycles. The maximum Gasteiger partial charge on any atom is 0.280 e. The van der Waals surface area contributed by atoms with Crippen LogP contribution in [-0.2, 0) is 6.61 Å². The van der Waals surface area contributed by atoms with Crippen LogP contribution in [0.2, 0.25) is 5.02 Å². The van der Waals surface area contributed by atoms with Crippen LogP contribution in [0.3, 0.4) is 0 Å². The summed E-state index contributed by atoms with van der Waals surface area (Å²) in [5.41, 5.74) is -0.270. The van der Waals surface area contributed by atoms with Crippen molar-refractivity contribution in [1.82, 2.24) is 14.1 Å². The molecule has 0 saturated carbocycles. The molecule has 0 aliphatic heterocycles. The summed E-state index contributed by atoms with van der Waals surface area (Å²) in [6, 6.07) is 4.50. The van der Waals surface area contributed by atoms with Crippen LogP contribution in [0.15, 0.2) is 41.5 Å². The van der Waals surface area contributed by atoms with Gasteiger partial charge in [0, 0.05) is 24.0 Å². The first-order valence-electron chi connectivity index (χ1n) is 8.00. The van der Waals surface area contributed by atoms with Crippen molar-refractivity contribution in [3.8, 4) is 11.6 Å². The number of rotatable bonds is 5. The lowest BCUT2D eigenvalue weighted by molar-refractivity contribution is 0.0819. The van der Waals surface area contributed by atoms with Gasteiger partial charge in [-0.3, -0.25) is 18.7 Å². The van der Waals surface area contributed by atoms with E-state index >= 15 is 0 Å². The molecule has 1 aromatic carbocycles. The highest BCUT2D eigenvalue weighted by Crippen LogP contribution is 2.22. The second-order valence-electron chi connectivity index (χ2n) is 5.77. The molecule has 0 atom stereocenters. The van der Waals surface area contributed by atoms with Gasteiger partial charge in [0.05, 0.1) is 5.69 Å². The third-order valence-corrected chi connectivity index (χ3v) is 4.23. The molecule has 146 valence electrons. The van der Waals surface area contributed by atoms with Crippen molar-refractivity contribution in [3.05, 3.63) is 75.1 Å². The smallest absolute Gasteiger partial charge is 0.280 e. The molecule has 3 aromatic rings. The summed E-state index contributed by atoms with van der Waals surface area (Å²) < 4.78 is 34.3. The van der Waals surface area contributed by atoms with E-state index in [1.165, 1.54) is 31.5 Å². The fraction of sp³-hybridized carbons (Fsp3) is 0.167. The zero-order valence-corrected chi connectivity index (χ0v) is 15.3. The molecule has 10 heteroatoms. The number of aromatic nitrogens is 3. The average Bonchev–Trinajstić information content (AvgIpc) is 3.13. The third-order valence-electron chi connectivity index (χ3n) is 3.90. The Labute approximate surface area is 162 Å². The number of hydrogen-bond acceptors (Lipinski definition) is 5. The Morgan fingerprint density at radius 2 is 2.07 bits per heavy atom. The normalized spacial score (nSPS) is 10.9. The summed E-state index contributed by atoms with van der Waals surface area (Å²) in [6.45, 7) is 0.533. The Morgan fingerprint density at radius 1 is 1.32 bits per heavy atom. The molecule has 2 heterocycles. The van der Waals surface area contributed by atoms with Gasteiger partial charge >= 0.3 is 0 Å². The second-order valence-corrected chi connectivity index (χ2v) is 6.15. The van der Waals surface area contributed by atoms with E-state index in [1.807, 2.05) is 0 Å². The number of aliphatic hydroxyl groups excluding tert-OH is 1. The molecular weight excluding hydrogens is 396 g/mol. The fourth-order valence-corrected chi connectivity index (χ4v) is 2.70. The lowest BCUT2D eigenvalue weighted by Gasteiger charge is -2.12. The Morgan fingerprint density at radius 3 is 2.75 bits per heavy atom. The van der Waals surface area contributed by atoms with Crippen LogP contribution in [-0.4, -0.2) is 31.7 Å². The minimum atomic E-state index is -0.795. The quantitative estimate of drug-likeness (QED) is 0.699. The highest BCUT2D eigenvalue weighted by Gasteiger charge is 2.17. The number of aliphatic hydroxyl groups is 1. The first-order valence-corrected chi connectivity index (χ1v) is 8.38. The molecule has 1 N–H and O–H groups in total. The lowest BCUT2D eigenvalue weighted by Crippen LogP contribution is -2.23. The Bertz CT molecular complexity index is 1110. The van der Waals surface area contributed by atoms with Crippen molar-refractivity contribution in [3.63, 3.8) is 0 Å². The van der Waals surface area contributed by atoms with Gasteiger partial charge in [-0.1, -0.05) is 11.6 Å². The first-order chi connectivity index (χ1) is 13.3. The van der Waals surface area contributed by atoms with Gasteiger partial charge in [-0.25, -0.2) is 8.78 Å². The maximum absolute atomic E-state index is 13.7. The Hall–Kier alpha value is -3.04. The van der Waals surface area contributed by atoms with Gasteiger partial charge in [0.1, 0.15) is 30.7 Å². The van der Waals surface area contributed by atoms with Crippen LogP contribution in [0.25, 0.3) is 5.69 Å². The molecule has 0 radical (unpaired) electrons. The maximum atomic E-state index is 13.7. The van der Waals surface area contributed by atoms with Gasteiger partial charge in [-0.05, 0) is 25.1 Å². The molecule has 0 amide bonds. The van der Waals surface area contributed by atoms with Crippen molar-refractivity contribution >= 4 is 17.5 Å².